The predicted octanol–water partition coefficient (Wildman–Crippen LogP) is 2.02. The molecule has 1 amide bonds. The number of carbonyl (C=O) groups excluding carboxylic acids is 2. The number of nitrogens with one attached hydrogen (secondary N) is 2. The zero-order valence-corrected chi connectivity index (χ0v) is 15.7. The molecule has 26 heavy (non-hydrogen) atoms. The minimum atomic E-state index is -0.347. The van der Waals surface area contributed by atoms with E-state index in [0.29, 0.717) is 10.6 Å². The Morgan fingerprint density at radius 2 is 2.04 bits per heavy atom. The van der Waals surface area contributed by atoms with Crippen molar-refractivity contribution < 1.29 is 19.2 Å². The lowest BCUT2D eigenvalue weighted by Gasteiger charge is -2.24. The molecular formula is C20H23N2O3S+. The molecule has 0 bridgehead atoms. The molecule has 1 fully saturated rings. The second-order valence-corrected chi connectivity index (χ2v) is 8.16. The number of thiophene rings is 1. The third-order valence-corrected chi connectivity index (χ3v) is 6.25. The highest BCUT2D eigenvalue weighted by Gasteiger charge is 2.34. The van der Waals surface area contributed by atoms with Gasteiger partial charge in [0, 0.05) is 17.9 Å². The Balaban J connectivity index is 1.56. The SMILES string of the molecule is COC(=O)c1c(NC(=O)C2CC2)sc2c1CC[NH+](Cc1ccccc1)C2. The van der Waals surface area contributed by atoms with Gasteiger partial charge >= 0.3 is 5.97 Å². The lowest BCUT2D eigenvalue weighted by Crippen LogP contribution is -3.10. The van der Waals surface area contributed by atoms with Crippen LogP contribution < -0.4 is 10.2 Å². The first-order chi connectivity index (χ1) is 12.7. The van der Waals surface area contributed by atoms with Crippen molar-refractivity contribution in [3.05, 3.63) is 51.9 Å². The van der Waals surface area contributed by atoms with Gasteiger partial charge in [-0.15, -0.1) is 11.3 Å². The van der Waals surface area contributed by atoms with Gasteiger partial charge in [-0.25, -0.2) is 4.79 Å². The molecule has 1 aromatic carbocycles. The highest BCUT2D eigenvalue weighted by Crippen LogP contribution is 2.37. The van der Waals surface area contributed by atoms with Crippen LogP contribution in [0.25, 0.3) is 0 Å². The van der Waals surface area contributed by atoms with Crippen molar-refractivity contribution in [3.63, 3.8) is 0 Å². The van der Waals surface area contributed by atoms with E-state index in [1.807, 2.05) is 6.07 Å². The number of fused-ring (bicyclic) bond motifs is 1. The van der Waals surface area contributed by atoms with Crippen LogP contribution in [-0.2, 0) is 29.0 Å². The van der Waals surface area contributed by atoms with E-state index < -0.39 is 0 Å². The molecule has 1 unspecified atom stereocenters. The summed E-state index contributed by atoms with van der Waals surface area (Å²) in [6, 6.07) is 10.5. The molecule has 2 aromatic rings. The third kappa shape index (κ3) is 3.52. The van der Waals surface area contributed by atoms with Crippen LogP contribution in [0.3, 0.4) is 0 Å². The minimum absolute atomic E-state index is 0.0299. The van der Waals surface area contributed by atoms with E-state index in [4.69, 9.17) is 4.74 Å². The summed E-state index contributed by atoms with van der Waals surface area (Å²) < 4.78 is 4.99. The van der Waals surface area contributed by atoms with Gasteiger partial charge < -0.3 is 15.0 Å². The normalized spacial score (nSPS) is 18.9. The van der Waals surface area contributed by atoms with Crippen LogP contribution in [-0.4, -0.2) is 25.5 Å². The van der Waals surface area contributed by atoms with Gasteiger partial charge in [-0.1, -0.05) is 30.3 Å². The van der Waals surface area contributed by atoms with Gasteiger partial charge in [-0.3, -0.25) is 4.79 Å². The van der Waals surface area contributed by atoms with E-state index in [0.717, 1.165) is 44.5 Å². The number of benzene rings is 1. The Bertz CT molecular complexity index is 827. The number of carbonyl (C=O) groups is 2. The smallest absolute Gasteiger partial charge is 0.341 e. The van der Waals surface area contributed by atoms with E-state index in [-0.39, 0.29) is 17.8 Å². The molecule has 2 aliphatic rings. The number of hydrogen-bond acceptors (Lipinski definition) is 4. The van der Waals surface area contributed by atoms with Crippen LogP contribution >= 0.6 is 11.3 Å². The molecule has 2 N–H and O–H groups in total. The maximum absolute atomic E-state index is 12.3. The fourth-order valence-electron chi connectivity index (χ4n) is 3.54. The molecule has 1 aromatic heterocycles. The van der Waals surface area contributed by atoms with Crippen LogP contribution in [0.1, 0.15) is 39.2 Å². The van der Waals surface area contributed by atoms with Gasteiger partial charge in [0.25, 0.3) is 0 Å². The molecule has 1 saturated carbocycles. The van der Waals surface area contributed by atoms with Crippen LogP contribution in [0, 0.1) is 5.92 Å². The second-order valence-electron chi connectivity index (χ2n) is 7.05. The fourth-order valence-corrected chi connectivity index (χ4v) is 4.85. The Morgan fingerprint density at radius 1 is 1.27 bits per heavy atom. The van der Waals surface area contributed by atoms with Crippen molar-refractivity contribution in [2.24, 2.45) is 5.92 Å². The quantitative estimate of drug-likeness (QED) is 0.791. The first kappa shape index (κ1) is 17.2. The summed E-state index contributed by atoms with van der Waals surface area (Å²) in [6.07, 6.45) is 2.72. The van der Waals surface area contributed by atoms with Gasteiger partial charge in [-0.2, -0.15) is 0 Å². The van der Waals surface area contributed by atoms with Crippen molar-refractivity contribution in [1.82, 2.24) is 0 Å². The van der Waals surface area contributed by atoms with Gasteiger partial charge in [-0.05, 0) is 18.4 Å². The zero-order valence-electron chi connectivity index (χ0n) is 14.8. The summed E-state index contributed by atoms with van der Waals surface area (Å²) in [6.45, 7) is 2.81. The molecule has 1 aliphatic heterocycles. The monoisotopic (exact) mass is 371 g/mol. The second kappa shape index (κ2) is 7.21. The largest absolute Gasteiger partial charge is 0.465 e. The number of ether oxygens (including phenoxy) is 1. The third-order valence-electron chi connectivity index (χ3n) is 5.10. The number of esters is 1. The Hall–Kier alpha value is -2.18. The van der Waals surface area contributed by atoms with E-state index in [9.17, 15) is 9.59 Å². The minimum Gasteiger partial charge on any atom is -0.465 e. The summed E-state index contributed by atoms with van der Waals surface area (Å²) in [5.74, 6) is -0.206. The number of anilines is 1. The highest BCUT2D eigenvalue weighted by molar-refractivity contribution is 7.17. The lowest BCUT2D eigenvalue weighted by molar-refractivity contribution is -0.929. The van der Waals surface area contributed by atoms with Crippen molar-refractivity contribution in [2.75, 3.05) is 19.0 Å². The zero-order chi connectivity index (χ0) is 18.1. The highest BCUT2D eigenvalue weighted by atomic mass is 32.1. The molecule has 6 heteroatoms. The van der Waals surface area contributed by atoms with E-state index in [1.165, 1.54) is 33.8 Å². The maximum atomic E-state index is 12.3. The number of rotatable bonds is 5. The molecular weight excluding hydrogens is 348 g/mol. The van der Waals surface area contributed by atoms with Gasteiger partial charge in [0.05, 0.1) is 24.1 Å². The molecule has 0 radical (unpaired) electrons. The lowest BCUT2D eigenvalue weighted by atomic mass is 10.0. The van der Waals surface area contributed by atoms with Gasteiger partial charge in [0.1, 0.15) is 18.1 Å². The first-order valence-electron chi connectivity index (χ1n) is 9.07. The average Bonchev–Trinajstić information content (AvgIpc) is 3.44. The number of amides is 1. The fraction of sp³-hybridized carbons (Fsp3) is 0.400. The summed E-state index contributed by atoms with van der Waals surface area (Å²) >= 11 is 1.54. The molecule has 0 saturated heterocycles. The van der Waals surface area contributed by atoms with Gasteiger partial charge in [0.2, 0.25) is 5.91 Å². The van der Waals surface area contributed by atoms with Crippen molar-refractivity contribution in [2.45, 2.75) is 32.4 Å². The van der Waals surface area contributed by atoms with Crippen molar-refractivity contribution >= 4 is 28.2 Å². The van der Waals surface area contributed by atoms with Crippen LogP contribution in [0.5, 0.6) is 0 Å². The molecule has 1 atom stereocenters. The van der Waals surface area contributed by atoms with Crippen molar-refractivity contribution in [3.8, 4) is 0 Å². The molecule has 1 aliphatic carbocycles. The van der Waals surface area contributed by atoms with E-state index in [2.05, 4.69) is 29.6 Å². The molecule has 136 valence electrons. The maximum Gasteiger partial charge on any atom is 0.341 e. The van der Waals surface area contributed by atoms with E-state index in [1.54, 1.807) is 0 Å². The number of methoxy groups -OCH3 is 1. The van der Waals surface area contributed by atoms with Gasteiger partial charge in [0.15, 0.2) is 0 Å². The number of hydrogen-bond donors (Lipinski definition) is 2. The van der Waals surface area contributed by atoms with Crippen LogP contribution in [0.4, 0.5) is 5.00 Å². The summed E-state index contributed by atoms with van der Waals surface area (Å²) in [4.78, 5) is 27.2. The van der Waals surface area contributed by atoms with E-state index >= 15 is 0 Å². The Kier molecular flexibility index (Phi) is 4.78. The first-order valence-corrected chi connectivity index (χ1v) is 9.88. The summed E-state index contributed by atoms with van der Waals surface area (Å²) in [5, 5.41) is 3.65. The standard InChI is InChI=1S/C20H22N2O3S/c1-25-20(24)17-15-9-10-22(11-13-5-3-2-4-6-13)12-16(15)26-19(17)21-18(23)14-7-8-14/h2-6,14H,7-12H2,1H3,(H,21,23)/p+1. The molecule has 4 rings (SSSR count). The van der Waals surface area contributed by atoms with Crippen molar-refractivity contribution in [1.29, 1.82) is 0 Å². The number of quaternary nitrogens is 1. The average molecular weight is 371 g/mol. The van der Waals surface area contributed by atoms with Crippen LogP contribution in [0.15, 0.2) is 30.3 Å². The Labute approximate surface area is 157 Å². The topological polar surface area (TPSA) is 59.8 Å². The molecule has 2 heterocycles. The molecule has 0 spiro atoms. The van der Waals surface area contributed by atoms with Crippen LogP contribution in [0.2, 0.25) is 0 Å². The Morgan fingerprint density at radius 3 is 2.73 bits per heavy atom. The molecule has 5 nitrogen and oxygen atoms in total. The predicted molar refractivity (Wildman–Crippen MR) is 100 cm³/mol. The summed E-state index contributed by atoms with van der Waals surface area (Å²) in [7, 11) is 1.40. The summed E-state index contributed by atoms with van der Waals surface area (Å²) in [5.41, 5.74) is 2.95.